The van der Waals surface area contributed by atoms with Crippen LogP contribution >= 0.6 is 0 Å². The molecule has 1 aromatic carbocycles. The summed E-state index contributed by atoms with van der Waals surface area (Å²) in [6.45, 7) is 2.80. The fourth-order valence-electron chi connectivity index (χ4n) is 2.77. The second kappa shape index (κ2) is 3.48. The number of fused-ring (bicyclic) bond motifs is 3. The van der Waals surface area contributed by atoms with E-state index in [1.165, 1.54) is 16.7 Å². The van der Waals surface area contributed by atoms with Gasteiger partial charge in [-0.15, -0.1) is 0 Å². The van der Waals surface area contributed by atoms with Gasteiger partial charge in [-0.2, -0.15) is 0 Å². The van der Waals surface area contributed by atoms with E-state index in [9.17, 15) is 4.79 Å². The molecule has 0 N–H and O–H groups in total. The van der Waals surface area contributed by atoms with Crippen molar-refractivity contribution < 1.29 is 4.79 Å². The van der Waals surface area contributed by atoms with Gasteiger partial charge in [0.15, 0.2) is 0 Å². The Hall–Kier alpha value is -1.57. The molecule has 2 nitrogen and oxygen atoms in total. The van der Waals surface area contributed by atoms with Crippen LogP contribution in [-0.2, 0) is 11.2 Å². The first-order valence-corrected chi connectivity index (χ1v) is 5.89. The average molecular weight is 213 g/mol. The number of nitrogens with zero attached hydrogens (tertiary/aromatic N) is 1. The van der Waals surface area contributed by atoms with Crippen LogP contribution in [0.15, 0.2) is 30.5 Å². The van der Waals surface area contributed by atoms with Crippen molar-refractivity contribution in [2.75, 3.05) is 6.54 Å². The normalized spacial score (nSPS) is 22.8. The molecule has 1 aliphatic heterocycles. The van der Waals surface area contributed by atoms with Gasteiger partial charge in [-0.1, -0.05) is 24.3 Å². The van der Waals surface area contributed by atoms with Gasteiger partial charge in [0.05, 0.1) is 0 Å². The van der Waals surface area contributed by atoms with Crippen LogP contribution in [-0.4, -0.2) is 17.4 Å². The van der Waals surface area contributed by atoms with Crippen LogP contribution in [0, 0.1) is 5.92 Å². The third kappa shape index (κ3) is 1.29. The lowest BCUT2D eigenvalue weighted by Gasteiger charge is -2.26. The Morgan fingerprint density at radius 3 is 2.94 bits per heavy atom. The summed E-state index contributed by atoms with van der Waals surface area (Å²) in [4.78, 5) is 13.6. The molecule has 0 saturated carbocycles. The molecule has 0 fully saturated rings. The van der Waals surface area contributed by atoms with Gasteiger partial charge in [-0.25, -0.2) is 0 Å². The quantitative estimate of drug-likeness (QED) is 0.701. The first-order valence-electron chi connectivity index (χ1n) is 5.89. The van der Waals surface area contributed by atoms with Crippen molar-refractivity contribution >= 4 is 11.5 Å². The van der Waals surface area contributed by atoms with E-state index in [1.54, 1.807) is 0 Å². The first-order chi connectivity index (χ1) is 7.79. The predicted octanol–water partition coefficient (Wildman–Crippen LogP) is 2.45. The number of hydrogen-bond acceptors (Lipinski definition) is 1. The van der Waals surface area contributed by atoms with Crippen molar-refractivity contribution in [1.82, 2.24) is 4.90 Å². The molecule has 2 aliphatic rings. The highest BCUT2D eigenvalue weighted by Gasteiger charge is 2.33. The van der Waals surface area contributed by atoms with Crippen molar-refractivity contribution in [3.8, 4) is 0 Å². The van der Waals surface area contributed by atoms with E-state index in [0.29, 0.717) is 12.3 Å². The second-order valence-electron chi connectivity index (χ2n) is 4.53. The summed E-state index contributed by atoms with van der Waals surface area (Å²) in [6, 6.07) is 8.50. The Morgan fingerprint density at radius 1 is 1.31 bits per heavy atom. The zero-order valence-corrected chi connectivity index (χ0v) is 9.44. The molecule has 1 unspecified atom stereocenters. The molecule has 1 atom stereocenters. The van der Waals surface area contributed by atoms with Crippen molar-refractivity contribution in [3.63, 3.8) is 0 Å². The van der Waals surface area contributed by atoms with E-state index in [-0.39, 0.29) is 5.91 Å². The lowest BCUT2D eigenvalue weighted by molar-refractivity contribution is -0.129. The van der Waals surface area contributed by atoms with Gasteiger partial charge in [0, 0.05) is 19.2 Å². The lowest BCUT2D eigenvalue weighted by Crippen LogP contribution is -2.31. The molecule has 0 spiro atoms. The van der Waals surface area contributed by atoms with Gasteiger partial charge in [0.25, 0.3) is 0 Å². The van der Waals surface area contributed by atoms with E-state index in [4.69, 9.17) is 0 Å². The topological polar surface area (TPSA) is 20.3 Å². The monoisotopic (exact) mass is 213 g/mol. The average Bonchev–Trinajstić information content (AvgIpc) is 2.65. The molecular weight excluding hydrogens is 198 g/mol. The van der Waals surface area contributed by atoms with Gasteiger partial charge in [0.2, 0.25) is 5.91 Å². The Balaban J connectivity index is 2.07. The maximum atomic E-state index is 11.8. The molecule has 0 aromatic heterocycles. The van der Waals surface area contributed by atoms with Gasteiger partial charge in [0.1, 0.15) is 0 Å². The zero-order chi connectivity index (χ0) is 11.1. The Morgan fingerprint density at radius 2 is 2.12 bits per heavy atom. The van der Waals surface area contributed by atoms with E-state index in [2.05, 4.69) is 30.5 Å². The van der Waals surface area contributed by atoms with Crippen LogP contribution in [0.1, 0.15) is 24.5 Å². The summed E-state index contributed by atoms with van der Waals surface area (Å²) in [7, 11) is 0. The molecule has 1 heterocycles. The summed E-state index contributed by atoms with van der Waals surface area (Å²) in [5.74, 6) is 0.691. The molecule has 0 saturated heterocycles. The zero-order valence-electron chi connectivity index (χ0n) is 9.44. The maximum Gasteiger partial charge on any atom is 0.227 e. The number of carbonyl (C=O) groups excluding carboxylic acids is 1. The molecule has 16 heavy (non-hydrogen) atoms. The van der Waals surface area contributed by atoms with E-state index < -0.39 is 0 Å². The number of allylic oxidation sites excluding steroid dienone is 1. The van der Waals surface area contributed by atoms with Gasteiger partial charge in [-0.05, 0) is 36.0 Å². The SMILES string of the molecule is CCN1C=C2c3ccccc3CC2CC1=O. The Bertz CT molecular complexity index is 475. The molecular formula is C14H15NO. The molecule has 0 bridgehead atoms. The summed E-state index contributed by atoms with van der Waals surface area (Å²) in [5.41, 5.74) is 4.10. The van der Waals surface area contributed by atoms with Crippen LogP contribution < -0.4 is 0 Å². The fraction of sp³-hybridized carbons (Fsp3) is 0.357. The van der Waals surface area contributed by atoms with Crippen LogP contribution in [0.25, 0.3) is 5.57 Å². The standard InChI is InChI=1S/C14H15NO/c1-2-15-9-13-11(8-14(15)16)7-10-5-3-4-6-12(10)13/h3-6,9,11H,2,7-8H2,1H3. The minimum absolute atomic E-state index is 0.268. The summed E-state index contributed by atoms with van der Waals surface area (Å²) in [5, 5.41) is 0. The highest BCUT2D eigenvalue weighted by atomic mass is 16.2. The smallest absolute Gasteiger partial charge is 0.227 e. The van der Waals surface area contributed by atoms with Crippen molar-refractivity contribution in [2.45, 2.75) is 19.8 Å². The molecule has 82 valence electrons. The number of benzene rings is 1. The third-order valence-electron chi connectivity index (χ3n) is 3.61. The predicted molar refractivity (Wildman–Crippen MR) is 63.6 cm³/mol. The molecule has 1 aliphatic carbocycles. The molecule has 0 radical (unpaired) electrons. The van der Waals surface area contributed by atoms with Crippen molar-refractivity contribution in [3.05, 3.63) is 41.6 Å². The molecule has 1 amide bonds. The molecule has 3 rings (SSSR count). The fourth-order valence-corrected chi connectivity index (χ4v) is 2.77. The molecule has 2 heteroatoms. The minimum Gasteiger partial charge on any atom is -0.319 e. The van der Waals surface area contributed by atoms with E-state index in [1.807, 2.05) is 11.8 Å². The molecule has 1 aromatic rings. The number of hydrogen-bond donors (Lipinski definition) is 0. The Kier molecular flexibility index (Phi) is 2.10. The third-order valence-corrected chi connectivity index (χ3v) is 3.61. The second-order valence-corrected chi connectivity index (χ2v) is 4.53. The maximum absolute atomic E-state index is 11.8. The Labute approximate surface area is 95.6 Å². The highest BCUT2D eigenvalue weighted by molar-refractivity contribution is 5.88. The van der Waals surface area contributed by atoms with E-state index >= 15 is 0 Å². The van der Waals surface area contributed by atoms with Crippen LogP contribution in [0.2, 0.25) is 0 Å². The summed E-state index contributed by atoms with van der Waals surface area (Å²) in [6.07, 6.45) is 3.77. The van der Waals surface area contributed by atoms with Crippen molar-refractivity contribution in [2.24, 2.45) is 5.92 Å². The van der Waals surface area contributed by atoms with Gasteiger partial charge < -0.3 is 4.90 Å². The van der Waals surface area contributed by atoms with Gasteiger partial charge in [-0.3, -0.25) is 4.79 Å². The van der Waals surface area contributed by atoms with Crippen LogP contribution in [0.4, 0.5) is 0 Å². The van der Waals surface area contributed by atoms with Gasteiger partial charge >= 0.3 is 0 Å². The largest absolute Gasteiger partial charge is 0.319 e. The number of rotatable bonds is 1. The van der Waals surface area contributed by atoms with Crippen molar-refractivity contribution in [1.29, 1.82) is 0 Å². The highest BCUT2D eigenvalue weighted by Crippen LogP contribution is 2.41. The minimum atomic E-state index is 0.268. The number of carbonyl (C=O) groups is 1. The van der Waals surface area contributed by atoms with Crippen LogP contribution in [0.3, 0.4) is 0 Å². The van der Waals surface area contributed by atoms with Crippen LogP contribution in [0.5, 0.6) is 0 Å². The summed E-state index contributed by atoms with van der Waals surface area (Å²) < 4.78 is 0. The van der Waals surface area contributed by atoms with E-state index in [0.717, 1.165) is 13.0 Å². The number of amides is 1. The summed E-state index contributed by atoms with van der Waals surface area (Å²) >= 11 is 0. The lowest BCUT2D eigenvalue weighted by atomic mass is 9.93. The first kappa shape index (κ1) is 9.64.